The van der Waals surface area contributed by atoms with E-state index in [0.29, 0.717) is 0 Å². The fourth-order valence-corrected chi connectivity index (χ4v) is 12.8. The molecule has 0 aromatic carbocycles. The summed E-state index contributed by atoms with van der Waals surface area (Å²) in [5, 5.41) is 49.0. The van der Waals surface area contributed by atoms with E-state index in [1.54, 1.807) is 20.8 Å². The molecule has 8 fully saturated rings. The molecular weight excluding hydrogens is 648 g/mol. The molecule has 15 nitrogen and oxygen atoms in total. The summed E-state index contributed by atoms with van der Waals surface area (Å²) in [4.78, 5) is 66.6. The van der Waals surface area contributed by atoms with Crippen LogP contribution in [0.4, 0.5) is 0 Å². The smallest absolute Gasteiger partial charge is 0.341 e. The Bertz CT molecular complexity index is 1590. The van der Waals surface area contributed by atoms with Gasteiger partial charge in [0.25, 0.3) is 0 Å². The number of hydrogen-bond acceptors (Lipinski definition) is 15. The topological polar surface area (TPSA) is 228 Å². The van der Waals surface area contributed by atoms with E-state index in [-0.39, 0.29) is 6.42 Å². The van der Waals surface area contributed by atoms with Crippen LogP contribution in [0.5, 0.6) is 0 Å². The van der Waals surface area contributed by atoms with Crippen LogP contribution in [0, 0.1) is 51.8 Å². The van der Waals surface area contributed by atoms with Crippen molar-refractivity contribution in [3.05, 3.63) is 0 Å². The average Bonchev–Trinajstić information content (AvgIpc) is 3.89. The highest BCUT2D eigenvalue weighted by Crippen LogP contribution is 2.80. The third-order valence-corrected chi connectivity index (χ3v) is 14.9. The number of fused-ring (bicyclic) bond motifs is 9. The molecule has 0 radical (unpaired) electrons. The van der Waals surface area contributed by atoms with Crippen molar-refractivity contribution < 1.29 is 72.8 Å². The van der Waals surface area contributed by atoms with E-state index in [1.807, 2.05) is 6.92 Å². The van der Waals surface area contributed by atoms with Crippen molar-refractivity contribution >= 4 is 29.7 Å². The molecule has 270 valence electrons. The molecule has 0 unspecified atom stereocenters. The van der Waals surface area contributed by atoms with E-state index in [1.165, 1.54) is 20.8 Å². The number of aliphatic hydroxyl groups excluding tert-OH is 2. The number of carbonyl (C=O) groups excluding carboxylic acids is 5. The number of epoxide rings is 2. The first kappa shape index (κ1) is 33.5. The zero-order chi connectivity index (χ0) is 35.9. The summed E-state index contributed by atoms with van der Waals surface area (Å²) in [6.45, 7) is 11.5. The van der Waals surface area contributed by atoms with Crippen LogP contribution in [-0.4, -0.2) is 116 Å². The Balaban J connectivity index is 1.40. The molecule has 3 saturated heterocycles. The minimum absolute atomic E-state index is 0.207. The molecule has 8 aliphatic rings. The van der Waals surface area contributed by atoms with E-state index in [9.17, 15) is 44.4 Å². The third-order valence-electron chi connectivity index (χ3n) is 14.9. The van der Waals surface area contributed by atoms with Crippen molar-refractivity contribution in [1.29, 1.82) is 0 Å². The van der Waals surface area contributed by atoms with Crippen molar-refractivity contribution in [2.45, 2.75) is 128 Å². The summed E-state index contributed by atoms with van der Waals surface area (Å²) in [7, 11) is 0. The molecular formula is C34H44O15. The summed E-state index contributed by atoms with van der Waals surface area (Å²) < 4.78 is 35.7. The van der Waals surface area contributed by atoms with Crippen molar-refractivity contribution in [1.82, 2.24) is 0 Å². The van der Waals surface area contributed by atoms with Crippen LogP contribution in [0.2, 0.25) is 0 Å². The summed E-state index contributed by atoms with van der Waals surface area (Å²) in [5.41, 5.74) is -9.19. The maximum Gasteiger partial charge on any atom is 0.341 e. The lowest BCUT2D eigenvalue weighted by atomic mass is 9.39. The van der Waals surface area contributed by atoms with Crippen LogP contribution in [0.3, 0.4) is 0 Å². The van der Waals surface area contributed by atoms with E-state index >= 15 is 0 Å². The number of ether oxygens (including phenoxy) is 6. The molecule has 0 bridgehead atoms. The van der Waals surface area contributed by atoms with Gasteiger partial charge in [-0.05, 0) is 25.7 Å². The van der Waals surface area contributed by atoms with Gasteiger partial charge < -0.3 is 48.8 Å². The quantitative estimate of drug-likeness (QED) is 0.161. The largest absolute Gasteiger partial charge is 0.459 e. The van der Waals surface area contributed by atoms with Crippen molar-refractivity contribution in [3.8, 4) is 0 Å². The lowest BCUT2D eigenvalue weighted by molar-refractivity contribution is -0.302. The molecule has 0 amide bonds. The van der Waals surface area contributed by atoms with Gasteiger partial charge in [-0.3, -0.25) is 19.2 Å². The number of hydrogen-bond donors (Lipinski definition) is 4. The molecule has 4 N–H and O–H groups in total. The first-order valence-electron chi connectivity index (χ1n) is 17.0. The highest BCUT2D eigenvalue weighted by Gasteiger charge is 2.93. The molecule has 3 heterocycles. The first-order chi connectivity index (χ1) is 22.6. The van der Waals surface area contributed by atoms with Gasteiger partial charge in [-0.25, -0.2) is 4.79 Å². The monoisotopic (exact) mass is 692 g/mol. The van der Waals surface area contributed by atoms with Gasteiger partial charge in [0.05, 0.1) is 17.6 Å². The van der Waals surface area contributed by atoms with Gasteiger partial charge in [-0.15, -0.1) is 0 Å². The molecule has 5 saturated carbocycles. The molecule has 3 aliphatic heterocycles. The molecule has 0 aromatic heterocycles. The summed E-state index contributed by atoms with van der Waals surface area (Å²) >= 11 is 0. The van der Waals surface area contributed by atoms with Gasteiger partial charge in [0, 0.05) is 61.7 Å². The highest BCUT2D eigenvalue weighted by atomic mass is 16.8. The van der Waals surface area contributed by atoms with Gasteiger partial charge in [0.2, 0.25) is 5.79 Å². The number of Topliss-reactive ketones (excluding diaryl/α,β-unsaturated/α-hetero) is 1. The van der Waals surface area contributed by atoms with Gasteiger partial charge >= 0.3 is 23.9 Å². The molecule has 20 atom stereocenters. The zero-order valence-corrected chi connectivity index (χ0v) is 28.6. The molecule has 1 spiro atoms. The fourth-order valence-electron chi connectivity index (χ4n) is 12.8. The minimum Gasteiger partial charge on any atom is -0.459 e. The Morgan fingerprint density at radius 2 is 1.43 bits per heavy atom. The Morgan fingerprint density at radius 1 is 0.837 bits per heavy atom. The van der Waals surface area contributed by atoms with Crippen LogP contribution < -0.4 is 0 Å². The van der Waals surface area contributed by atoms with Crippen LogP contribution in [0.15, 0.2) is 0 Å². The Kier molecular flexibility index (Phi) is 6.41. The predicted molar refractivity (Wildman–Crippen MR) is 157 cm³/mol. The molecule has 49 heavy (non-hydrogen) atoms. The highest BCUT2D eigenvalue weighted by molar-refractivity contribution is 5.90. The summed E-state index contributed by atoms with van der Waals surface area (Å²) in [6.07, 6.45) is -9.93. The lowest BCUT2D eigenvalue weighted by Gasteiger charge is -2.67. The van der Waals surface area contributed by atoms with Crippen molar-refractivity contribution in [3.63, 3.8) is 0 Å². The molecule has 5 aliphatic carbocycles. The maximum atomic E-state index is 14.8. The lowest BCUT2D eigenvalue weighted by Crippen LogP contribution is -2.80. The molecule has 15 heteroatoms. The number of rotatable bonds is 3. The van der Waals surface area contributed by atoms with Gasteiger partial charge in [0.15, 0.2) is 11.4 Å². The predicted octanol–water partition coefficient (Wildman–Crippen LogP) is -0.832. The second-order valence-electron chi connectivity index (χ2n) is 16.7. The van der Waals surface area contributed by atoms with Crippen LogP contribution in [-0.2, 0) is 52.4 Å². The number of esters is 4. The fraction of sp³-hybridized carbons (Fsp3) is 0.853. The maximum absolute atomic E-state index is 14.8. The van der Waals surface area contributed by atoms with Crippen molar-refractivity contribution in [2.24, 2.45) is 51.8 Å². The third kappa shape index (κ3) is 3.43. The number of ketones is 1. The van der Waals surface area contributed by atoms with E-state index < -0.39 is 147 Å². The molecule has 0 aromatic rings. The van der Waals surface area contributed by atoms with Gasteiger partial charge in [-0.1, -0.05) is 20.8 Å². The summed E-state index contributed by atoms with van der Waals surface area (Å²) in [5.74, 6) is -11.7. The van der Waals surface area contributed by atoms with Crippen LogP contribution >= 0.6 is 0 Å². The Labute approximate surface area is 281 Å². The number of carbonyl (C=O) groups is 5. The zero-order valence-electron chi connectivity index (χ0n) is 28.6. The van der Waals surface area contributed by atoms with E-state index in [2.05, 4.69) is 0 Å². The summed E-state index contributed by atoms with van der Waals surface area (Å²) in [6, 6.07) is 0. The minimum atomic E-state index is -2.26. The Hall–Kier alpha value is -2.69. The Morgan fingerprint density at radius 3 is 2.02 bits per heavy atom. The second-order valence-corrected chi connectivity index (χ2v) is 16.7. The van der Waals surface area contributed by atoms with Gasteiger partial charge in [-0.2, -0.15) is 0 Å². The standard InChI is InChI=1S/C34H44O15/c1-10-16-19(31(7)32(8,42)28(41)49-34(31)25(10)48-34)21(39)17-15-18(23(44-11(2)35)26(29(16,17)5)45-12(3)36)30(6)27(46-13(4)37)22-14(47-22)9-33(30,43)24(40)20(15)38/h10,14-19,21-27,39-40,42-43H,9H2,1-8H3/t10-,14-,15-,16-,17+,18+,19-,21+,22-,23-,24-,25-,26-,27-,29+,30-,31-,32+,33-,34+/m0/s1. The van der Waals surface area contributed by atoms with Crippen LogP contribution in [0.1, 0.15) is 61.8 Å². The number of aliphatic hydroxyl groups is 4. The first-order valence-corrected chi connectivity index (χ1v) is 17.0. The van der Waals surface area contributed by atoms with Crippen LogP contribution in [0.25, 0.3) is 0 Å². The van der Waals surface area contributed by atoms with Crippen molar-refractivity contribution in [2.75, 3.05) is 0 Å². The SMILES string of the molecule is CC(=O)O[C@H]1[C@H]2[C@@H](C(=O)[C@H](O)[C@@]3(O)C[C@@H]4O[C@@H]4[C@H](OC(C)=O)[C@]23C)[C@@H]2[C@@H](O)[C@@H]3[C@H]([C@H](C)[C@@H]4O[C@@]45OC(=O)[C@@](C)(O)[C@]35C)[C@@]2(C)[C@H]1OC(C)=O. The van der Waals surface area contributed by atoms with Gasteiger partial charge in [0.1, 0.15) is 42.2 Å². The second kappa shape index (κ2) is 9.39. The molecule has 8 rings (SSSR count). The average molecular weight is 693 g/mol. The normalized spacial score (nSPS) is 60.2. The van der Waals surface area contributed by atoms with E-state index in [4.69, 9.17) is 28.4 Å². The van der Waals surface area contributed by atoms with E-state index in [0.717, 1.165) is 6.92 Å².